The van der Waals surface area contributed by atoms with E-state index in [0.717, 1.165) is 23.4 Å². The molecule has 2 aromatic rings. The second kappa shape index (κ2) is 4.95. The van der Waals surface area contributed by atoms with Crippen molar-refractivity contribution in [1.29, 1.82) is 0 Å². The Morgan fingerprint density at radius 1 is 1.47 bits per heavy atom. The van der Waals surface area contributed by atoms with E-state index in [4.69, 9.17) is 0 Å². The van der Waals surface area contributed by atoms with Gasteiger partial charge < -0.3 is 4.57 Å². The van der Waals surface area contributed by atoms with E-state index >= 15 is 0 Å². The number of nitrogens with zero attached hydrogens (tertiary/aromatic N) is 2. The van der Waals surface area contributed by atoms with E-state index in [-0.39, 0.29) is 5.78 Å². The quantitative estimate of drug-likeness (QED) is 0.737. The van der Waals surface area contributed by atoms with Gasteiger partial charge in [0.2, 0.25) is 0 Å². The highest BCUT2D eigenvalue weighted by Crippen LogP contribution is 2.16. The summed E-state index contributed by atoms with van der Waals surface area (Å²) in [5.74, 6) is 1.01. The molecular formula is C14H16N2O. The van der Waals surface area contributed by atoms with Crippen molar-refractivity contribution in [3.63, 3.8) is 0 Å². The van der Waals surface area contributed by atoms with Crippen molar-refractivity contribution in [2.24, 2.45) is 0 Å². The molecule has 2 rings (SSSR count). The third kappa shape index (κ3) is 2.28. The monoisotopic (exact) mass is 228 g/mol. The average molecular weight is 228 g/mol. The summed E-state index contributed by atoms with van der Waals surface area (Å²) in [5.41, 5.74) is 2.05. The van der Waals surface area contributed by atoms with E-state index in [9.17, 15) is 4.79 Å². The number of hydrogen-bond acceptors (Lipinski definition) is 2. The number of ketones is 1. The number of fused-ring (bicyclic) bond motifs is 1. The van der Waals surface area contributed by atoms with Gasteiger partial charge in [-0.1, -0.05) is 18.2 Å². The maximum Gasteiger partial charge on any atom is 0.144 e. The molecule has 0 atom stereocenters. The van der Waals surface area contributed by atoms with E-state index in [1.54, 1.807) is 6.08 Å². The van der Waals surface area contributed by atoms with Crippen molar-refractivity contribution < 1.29 is 4.79 Å². The van der Waals surface area contributed by atoms with Crippen LogP contribution in [0, 0.1) is 0 Å². The van der Waals surface area contributed by atoms with Crippen LogP contribution in [0.5, 0.6) is 0 Å². The molecule has 0 aliphatic rings. The van der Waals surface area contributed by atoms with Crippen molar-refractivity contribution in [1.82, 2.24) is 9.55 Å². The van der Waals surface area contributed by atoms with Crippen LogP contribution in [0.1, 0.15) is 19.2 Å². The summed E-state index contributed by atoms with van der Waals surface area (Å²) < 4.78 is 2.09. The molecule has 0 amide bonds. The number of hydrogen-bond donors (Lipinski definition) is 0. The van der Waals surface area contributed by atoms with E-state index in [1.165, 1.54) is 0 Å². The van der Waals surface area contributed by atoms with Gasteiger partial charge in [0.1, 0.15) is 11.6 Å². The fraction of sp³-hybridized carbons (Fsp3) is 0.286. The average Bonchev–Trinajstić information content (AvgIpc) is 2.66. The van der Waals surface area contributed by atoms with Crippen LogP contribution in [-0.4, -0.2) is 15.3 Å². The molecule has 0 saturated heterocycles. The predicted molar refractivity (Wildman–Crippen MR) is 68.9 cm³/mol. The van der Waals surface area contributed by atoms with Crippen molar-refractivity contribution >= 4 is 16.8 Å². The highest BCUT2D eigenvalue weighted by molar-refractivity contribution is 5.83. The number of Topliss-reactive ketones (excluding diaryl/α,β-unsaturated/α-hetero) is 1. The lowest BCUT2D eigenvalue weighted by atomic mass is 10.2. The first-order valence-electron chi connectivity index (χ1n) is 5.83. The Kier molecular flexibility index (Phi) is 3.38. The van der Waals surface area contributed by atoms with Gasteiger partial charge in [0.05, 0.1) is 17.5 Å². The van der Waals surface area contributed by atoms with Gasteiger partial charge in [-0.25, -0.2) is 4.98 Å². The predicted octanol–water partition coefficient (Wildman–Crippen LogP) is 2.74. The van der Waals surface area contributed by atoms with Crippen LogP contribution in [0.3, 0.4) is 0 Å². The largest absolute Gasteiger partial charge is 0.328 e. The van der Waals surface area contributed by atoms with Crippen LogP contribution in [0.4, 0.5) is 0 Å². The summed E-state index contributed by atoms with van der Waals surface area (Å²) in [7, 11) is 0. The molecule has 0 spiro atoms. The lowest BCUT2D eigenvalue weighted by molar-refractivity contribution is -0.117. The zero-order valence-electron chi connectivity index (χ0n) is 10.0. The molecule has 0 aliphatic heterocycles. The number of aryl methyl sites for hydroxylation is 1. The van der Waals surface area contributed by atoms with Gasteiger partial charge >= 0.3 is 0 Å². The van der Waals surface area contributed by atoms with E-state index in [1.807, 2.05) is 24.3 Å². The molecule has 1 aromatic heterocycles. The zero-order valence-corrected chi connectivity index (χ0v) is 10.0. The summed E-state index contributed by atoms with van der Waals surface area (Å²) in [5, 5.41) is 0. The summed E-state index contributed by atoms with van der Waals surface area (Å²) in [6.07, 6.45) is 2.43. The Morgan fingerprint density at radius 3 is 2.94 bits per heavy atom. The molecule has 0 N–H and O–H groups in total. The van der Waals surface area contributed by atoms with Gasteiger partial charge in [-0.05, 0) is 19.1 Å². The number of allylic oxidation sites excluding steroid dienone is 1. The van der Waals surface area contributed by atoms with Crippen LogP contribution >= 0.6 is 0 Å². The Bertz CT molecular complexity index is 554. The van der Waals surface area contributed by atoms with Crippen LogP contribution in [0.15, 0.2) is 36.9 Å². The SMILES string of the molecule is C=CCC(=O)Cc1nc2ccccc2n1CC. The molecule has 1 heterocycles. The number of aromatic nitrogens is 2. The molecule has 3 heteroatoms. The fourth-order valence-electron chi connectivity index (χ4n) is 2.02. The van der Waals surface area contributed by atoms with Crippen LogP contribution in [0.25, 0.3) is 11.0 Å². The third-order valence-electron chi connectivity index (χ3n) is 2.78. The molecular weight excluding hydrogens is 212 g/mol. The highest BCUT2D eigenvalue weighted by atomic mass is 16.1. The van der Waals surface area contributed by atoms with Crippen LogP contribution in [-0.2, 0) is 17.8 Å². The summed E-state index contributed by atoms with van der Waals surface area (Å²) >= 11 is 0. The summed E-state index contributed by atoms with van der Waals surface area (Å²) in [6.45, 7) is 6.48. The van der Waals surface area contributed by atoms with E-state index < -0.39 is 0 Å². The lowest BCUT2D eigenvalue weighted by Gasteiger charge is -2.04. The molecule has 0 saturated carbocycles. The number of imidazole rings is 1. The van der Waals surface area contributed by atoms with Crippen molar-refractivity contribution in [2.45, 2.75) is 26.3 Å². The Balaban J connectivity index is 2.39. The van der Waals surface area contributed by atoms with Gasteiger partial charge in [-0.3, -0.25) is 4.79 Å². The molecule has 0 bridgehead atoms. The maximum absolute atomic E-state index is 11.6. The van der Waals surface area contributed by atoms with Crippen molar-refractivity contribution in [2.75, 3.05) is 0 Å². The second-order valence-corrected chi connectivity index (χ2v) is 3.97. The van der Waals surface area contributed by atoms with Crippen LogP contribution in [0.2, 0.25) is 0 Å². The molecule has 17 heavy (non-hydrogen) atoms. The minimum Gasteiger partial charge on any atom is -0.328 e. The van der Waals surface area contributed by atoms with Crippen molar-refractivity contribution in [3.8, 4) is 0 Å². The first kappa shape index (κ1) is 11.6. The van der Waals surface area contributed by atoms with Gasteiger partial charge in [0, 0.05) is 13.0 Å². The van der Waals surface area contributed by atoms with Crippen molar-refractivity contribution in [3.05, 3.63) is 42.7 Å². The first-order valence-corrected chi connectivity index (χ1v) is 5.83. The first-order chi connectivity index (χ1) is 8.26. The van der Waals surface area contributed by atoms with Gasteiger partial charge in [-0.2, -0.15) is 0 Å². The topological polar surface area (TPSA) is 34.9 Å². The smallest absolute Gasteiger partial charge is 0.144 e. The summed E-state index contributed by atoms with van der Waals surface area (Å²) in [6, 6.07) is 7.96. The molecule has 0 fully saturated rings. The minimum absolute atomic E-state index is 0.157. The third-order valence-corrected chi connectivity index (χ3v) is 2.78. The lowest BCUT2D eigenvalue weighted by Crippen LogP contribution is -2.08. The van der Waals surface area contributed by atoms with Gasteiger partial charge in [0.25, 0.3) is 0 Å². The molecule has 3 nitrogen and oxygen atoms in total. The number of carbonyl (C=O) groups is 1. The fourth-order valence-corrected chi connectivity index (χ4v) is 2.02. The molecule has 88 valence electrons. The molecule has 1 aromatic carbocycles. The highest BCUT2D eigenvalue weighted by Gasteiger charge is 2.11. The number of carbonyl (C=O) groups excluding carboxylic acids is 1. The molecule has 0 unspecified atom stereocenters. The van der Waals surface area contributed by atoms with Crippen LogP contribution < -0.4 is 0 Å². The Morgan fingerprint density at radius 2 is 2.24 bits per heavy atom. The standard InChI is InChI=1S/C14H16N2O/c1-3-7-11(17)10-14-15-12-8-5-6-9-13(12)16(14)4-2/h3,5-6,8-9H,1,4,7,10H2,2H3. The molecule has 0 radical (unpaired) electrons. The number of rotatable bonds is 5. The number of benzene rings is 1. The van der Waals surface area contributed by atoms with E-state index in [2.05, 4.69) is 23.1 Å². The maximum atomic E-state index is 11.6. The molecule has 0 aliphatic carbocycles. The normalized spacial score (nSPS) is 10.6. The zero-order chi connectivity index (χ0) is 12.3. The minimum atomic E-state index is 0.157. The van der Waals surface area contributed by atoms with Gasteiger partial charge in [-0.15, -0.1) is 6.58 Å². The Hall–Kier alpha value is -1.90. The van der Waals surface area contributed by atoms with E-state index in [0.29, 0.717) is 12.8 Å². The second-order valence-electron chi connectivity index (χ2n) is 3.97. The summed E-state index contributed by atoms with van der Waals surface area (Å²) in [4.78, 5) is 16.1. The Labute approximate surface area is 101 Å². The van der Waals surface area contributed by atoms with Gasteiger partial charge in [0.15, 0.2) is 0 Å². The number of para-hydroxylation sites is 2.